The summed E-state index contributed by atoms with van der Waals surface area (Å²) in [5.74, 6) is 1.73. The molecule has 0 saturated heterocycles. The van der Waals surface area contributed by atoms with Gasteiger partial charge < -0.3 is 9.64 Å². The molecule has 0 aromatic carbocycles. The Hall–Kier alpha value is -1.30. The maximum absolute atomic E-state index is 11.5. The van der Waals surface area contributed by atoms with Gasteiger partial charge >= 0.3 is 6.09 Å². The number of aryl methyl sites for hydroxylation is 1. The van der Waals surface area contributed by atoms with Gasteiger partial charge in [0.05, 0.1) is 5.75 Å². The molecule has 0 saturated carbocycles. The predicted octanol–water partition coefficient (Wildman–Crippen LogP) is 2.02. The van der Waals surface area contributed by atoms with Crippen molar-refractivity contribution in [2.24, 2.45) is 0 Å². The van der Waals surface area contributed by atoms with E-state index in [1.165, 1.54) is 4.90 Å². The summed E-state index contributed by atoms with van der Waals surface area (Å²) < 4.78 is 5.20. The number of nitrogens with zero attached hydrogens (tertiary/aromatic N) is 3. The average molecular weight is 255 g/mol. The van der Waals surface area contributed by atoms with Crippen molar-refractivity contribution in [1.82, 2.24) is 14.9 Å². The number of ether oxygens (including phenoxy) is 1. The van der Waals surface area contributed by atoms with Crippen molar-refractivity contribution in [3.63, 3.8) is 0 Å². The van der Waals surface area contributed by atoms with Crippen LogP contribution < -0.4 is 4.74 Å². The summed E-state index contributed by atoms with van der Waals surface area (Å²) in [5, 5.41) is 0. The van der Waals surface area contributed by atoms with Gasteiger partial charge in [0.1, 0.15) is 5.82 Å². The molecule has 0 radical (unpaired) electrons. The zero-order chi connectivity index (χ0) is 13.0. The largest absolute Gasteiger partial charge is 0.416 e. The van der Waals surface area contributed by atoms with E-state index < -0.39 is 6.09 Å². The number of aromatic nitrogens is 2. The second-order valence-electron chi connectivity index (χ2n) is 3.85. The van der Waals surface area contributed by atoms with Crippen LogP contribution in [0.2, 0.25) is 0 Å². The van der Waals surface area contributed by atoms with Crippen molar-refractivity contribution in [2.45, 2.75) is 19.6 Å². The van der Waals surface area contributed by atoms with Crippen LogP contribution in [0, 0.1) is 13.8 Å². The molecule has 1 amide bonds. The van der Waals surface area contributed by atoms with Crippen LogP contribution in [0.3, 0.4) is 0 Å². The van der Waals surface area contributed by atoms with Gasteiger partial charge in [-0.05, 0) is 20.1 Å². The highest BCUT2D eigenvalue weighted by Gasteiger charge is 2.14. The van der Waals surface area contributed by atoms with Gasteiger partial charge in [0.25, 0.3) is 0 Å². The van der Waals surface area contributed by atoms with Gasteiger partial charge in [0, 0.05) is 25.4 Å². The number of amides is 1. The maximum Gasteiger partial charge on any atom is 0.416 e. The number of hydrogen-bond donors (Lipinski definition) is 0. The fourth-order valence-corrected chi connectivity index (χ4v) is 1.51. The van der Waals surface area contributed by atoms with Crippen LogP contribution in [0.1, 0.15) is 17.1 Å². The molecule has 0 aliphatic carbocycles. The molecule has 1 heterocycles. The van der Waals surface area contributed by atoms with E-state index in [0.717, 1.165) is 11.3 Å². The minimum Gasteiger partial charge on any atom is -0.391 e. The Morgan fingerprint density at radius 1 is 1.35 bits per heavy atom. The highest BCUT2D eigenvalue weighted by Crippen LogP contribution is 2.19. The third kappa shape index (κ3) is 3.59. The minimum absolute atomic E-state index is 0.347. The topological polar surface area (TPSA) is 55.3 Å². The first-order valence-corrected chi connectivity index (χ1v) is 6.57. The zero-order valence-corrected chi connectivity index (χ0v) is 11.6. The third-order valence-electron chi connectivity index (χ3n) is 2.21. The van der Waals surface area contributed by atoms with Crippen molar-refractivity contribution in [3.05, 3.63) is 17.1 Å². The monoisotopic (exact) mass is 255 g/mol. The highest BCUT2D eigenvalue weighted by atomic mass is 32.2. The molecule has 1 rings (SSSR count). The van der Waals surface area contributed by atoms with E-state index in [-0.39, 0.29) is 0 Å². The number of hydrogen-bond acceptors (Lipinski definition) is 5. The summed E-state index contributed by atoms with van der Waals surface area (Å²) in [4.78, 5) is 21.4. The van der Waals surface area contributed by atoms with Crippen molar-refractivity contribution >= 4 is 17.9 Å². The molecule has 0 spiro atoms. The van der Waals surface area contributed by atoms with Gasteiger partial charge in [-0.3, -0.25) is 0 Å². The summed E-state index contributed by atoms with van der Waals surface area (Å²) in [7, 11) is 3.27. The fraction of sp³-hybridized carbons (Fsp3) is 0.545. The van der Waals surface area contributed by atoms with E-state index in [1.54, 1.807) is 25.9 Å². The first kappa shape index (κ1) is 13.8. The summed E-state index contributed by atoms with van der Waals surface area (Å²) in [6.07, 6.45) is 1.55. The molecule has 17 heavy (non-hydrogen) atoms. The average Bonchev–Trinajstić information content (AvgIpc) is 2.25. The van der Waals surface area contributed by atoms with E-state index in [9.17, 15) is 4.79 Å². The van der Waals surface area contributed by atoms with Crippen LogP contribution in [0.15, 0.2) is 0 Å². The molecule has 1 aromatic rings. The smallest absolute Gasteiger partial charge is 0.391 e. The molecular formula is C11H17N3O2S. The van der Waals surface area contributed by atoms with Crippen molar-refractivity contribution in [3.8, 4) is 5.88 Å². The standard InChI is InChI=1S/C11H17N3O2S/c1-7-8(2)12-9(6-17-5)13-10(7)16-11(15)14(3)4/h6H2,1-5H3. The van der Waals surface area contributed by atoms with Gasteiger partial charge in [0.2, 0.25) is 5.88 Å². The van der Waals surface area contributed by atoms with Gasteiger partial charge in [0.15, 0.2) is 0 Å². The predicted molar refractivity (Wildman–Crippen MR) is 68.4 cm³/mol. The van der Waals surface area contributed by atoms with Crippen molar-refractivity contribution in [2.75, 3.05) is 20.4 Å². The molecule has 0 N–H and O–H groups in total. The molecule has 5 nitrogen and oxygen atoms in total. The number of rotatable bonds is 3. The van der Waals surface area contributed by atoms with Crippen LogP contribution in [-0.4, -0.2) is 41.3 Å². The molecule has 1 aromatic heterocycles. The Labute approximate surface area is 106 Å². The molecule has 0 fully saturated rings. The van der Waals surface area contributed by atoms with E-state index in [2.05, 4.69) is 9.97 Å². The number of carbonyl (C=O) groups excluding carboxylic acids is 1. The van der Waals surface area contributed by atoms with E-state index in [1.807, 2.05) is 20.1 Å². The second kappa shape index (κ2) is 5.86. The quantitative estimate of drug-likeness (QED) is 0.827. The summed E-state index contributed by atoms with van der Waals surface area (Å²) in [6, 6.07) is 0. The first-order valence-electron chi connectivity index (χ1n) is 5.18. The Morgan fingerprint density at radius 3 is 2.53 bits per heavy atom. The Bertz CT molecular complexity index is 421. The lowest BCUT2D eigenvalue weighted by atomic mass is 10.2. The Kier molecular flexibility index (Phi) is 4.74. The molecule has 0 aliphatic rings. The molecule has 94 valence electrons. The zero-order valence-electron chi connectivity index (χ0n) is 10.8. The molecule has 0 unspecified atom stereocenters. The van der Waals surface area contributed by atoms with Gasteiger partial charge in [-0.1, -0.05) is 0 Å². The summed E-state index contributed by atoms with van der Waals surface area (Å²) >= 11 is 1.63. The lowest BCUT2D eigenvalue weighted by Gasteiger charge is -2.13. The Morgan fingerprint density at radius 2 is 2.00 bits per heavy atom. The molecule has 6 heteroatoms. The van der Waals surface area contributed by atoms with Crippen LogP contribution in [0.25, 0.3) is 0 Å². The third-order valence-corrected chi connectivity index (χ3v) is 2.76. The van der Waals surface area contributed by atoms with Gasteiger partial charge in [-0.25, -0.2) is 9.78 Å². The van der Waals surface area contributed by atoms with Crippen LogP contribution in [0.4, 0.5) is 4.79 Å². The Balaban J connectivity index is 3.01. The summed E-state index contributed by atoms with van der Waals surface area (Å²) in [5.41, 5.74) is 1.63. The molecule has 0 aliphatic heterocycles. The van der Waals surface area contributed by atoms with Crippen LogP contribution >= 0.6 is 11.8 Å². The van der Waals surface area contributed by atoms with Gasteiger partial charge in [-0.2, -0.15) is 16.7 Å². The number of thioether (sulfide) groups is 1. The lowest BCUT2D eigenvalue weighted by Crippen LogP contribution is -2.26. The van der Waals surface area contributed by atoms with E-state index in [0.29, 0.717) is 17.5 Å². The SMILES string of the molecule is CSCc1nc(C)c(C)c(OC(=O)N(C)C)n1. The molecule has 0 bridgehead atoms. The van der Waals surface area contributed by atoms with Crippen LogP contribution in [0.5, 0.6) is 5.88 Å². The summed E-state index contributed by atoms with van der Waals surface area (Å²) in [6.45, 7) is 3.73. The molecular weight excluding hydrogens is 238 g/mol. The van der Waals surface area contributed by atoms with E-state index >= 15 is 0 Å². The fourth-order valence-electron chi connectivity index (χ4n) is 1.13. The van der Waals surface area contributed by atoms with Gasteiger partial charge in [-0.15, -0.1) is 0 Å². The molecule has 0 atom stereocenters. The number of carbonyl (C=O) groups is 1. The van der Waals surface area contributed by atoms with Crippen molar-refractivity contribution in [1.29, 1.82) is 0 Å². The normalized spacial score (nSPS) is 10.2. The highest BCUT2D eigenvalue weighted by molar-refractivity contribution is 7.97. The van der Waals surface area contributed by atoms with E-state index in [4.69, 9.17) is 4.74 Å². The van der Waals surface area contributed by atoms with Crippen molar-refractivity contribution < 1.29 is 9.53 Å². The minimum atomic E-state index is -0.429. The van der Waals surface area contributed by atoms with Crippen LogP contribution in [-0.2, 0) is 5.75 Å². The maximum atomic E-state index is 11.5. The first-order chi connectivity index (χ1) is 7.95. The lowest BCUT2D eigenvalue weighted by molar-refractivity contribution is 0.169. The second-order valence-corrected chi connectivity index (χ2v) is 4.72.